The molecule has 3 unspecified atom stereocenters. The number of carboxylic acid groups (broad SMARTS) is 1. The van der Waals surface area contributed by atoms with Crippen LogP contribution >= 0.6 is 0 Å². The quantitative estimate of drug-likeness (QED) is 0.804. The average Bonchev–Trinajstić information content (AvgIpc) is 2.16. The van der Waals surface area contributed by atoms with Crippen LogP contribution in [-0.4, -0.2) is 22.8 Å². The highest BCUT2D eigenvalue weighted by Gasteiger charge is 2.37. The highest BCUT2D eigenvalue weighted by Crippen LogP contribution is 2.34. The molecule has 1 saturated carbocycles. The molecule has 3 heteroatoms. The minimum atomic E-state index is -0.705. The first kappa shape index (κ1) is 13.5. The second kappa shape index (κ2) is 5.17. The summed E-state index contributed by atoms with van der Waals surface area (Å²) < 4.78 is 5.99. The lowest BCUT2D eigenvalue weighted by Gasteiger charge is -2.37. The Morgan fingerprint density at radius 2 is 2.06 bits per heavy atom. The molecule has 1 aliphatic carbocycles. The van der Waals surface area contributed by atoms with Gasteiger partial charge in [-0.1, -0.05) is 13.8 Å². The molecule has 1 rings (SSSR count). The summed E-state index contributed by atoms with van der Waals surface area (Å²) in [5, 5.41) is 9.18. The summed E-state index contributed by atoms with van der Waals surface area (Å²) in [6.07, 6.45) is 3.42. The molecule has 0 bridgehead atoms. The van der Waals surface area contributed by atoms with E-state index in [1.165, 1.54) is 0 Å². The van der Waals surface area contributed by atoms with Crippen molar-refractivity contribution in [3.05, 3.63) is 0 Å². The molecule has 0 heterocycles. The van der Waals surface area contributed by atoms with Crippen LogP contribution in [0, 0.1) is 11.8 Å². The molecule has 16 heavy (non-hydrogen) atoms. The smallest absolute Gasteiger partial charge is 0.309 e. The highest BCUT2D eigenvalue weighted by molar-refractivity contribution is 5.70. The van der Waals surface area contributed by atoms with Crippen LogP contribution in [0.25, 0.3) is 0 Å². The van der Waals surface area contributed by atoms with E-state index in [4.69, 9.17) is 4.74 Å². The molecule has 0 aliphatic heterocycles. The fourth-order valence-corrected chi connectivity index (χ4v) is 2.23. The van der Waals surface area contributed by atoms with E-state index < -0.39 is 5.97 Å². The number of carbonyl (C=O) groups is 1. The van der Waals surface area contributed by atoms with Gasteiger partial charge >= 0.3 is 5.97 Å². The molecule has 1 fully saturated rings. The molecule has 0 aromatic heterocycles. The Kier molecular flexibility index (Phi) is 4.36. The molecule has 3 nitrogen and oxygen atoms in total. The molecule has 94 valence electrons. The molecule has 3 atom stereocenters. The van der Waals surface area contributed by atoms with Crippen LogP contribution in [0.1, 0.15) is 53.4 Å². The predicted octanol–water partition coefficient (Wildman–Crippen LogP) is 3.08. The summed E-state index contributed by atoms with van der Waals surface area (Å²) >= 11 is 0. The Balaban J connectivity index is 2.68. The summed E-state index contributed by atoms with van der Waals surface area (Å²) in [7, 11) is 0. The zero-order chi connectivity index (χ0) is 12.3. The van der Waals surface area contributed by atoms with Crippen molar-refractivity contribution in [1.82, 2.24) is 0 Å². The molecule has 0 aromatic rings. The molecule has 0 radical (unpaired) electrons. The van der Waals surface area contributed by atoms with Crippen LogP contribution in [0.5, 0.6) is 0 Å². The van der Waals surface area contributed by atoms with Gasteiger partial charge in [-0.15, -0.1) is 0 Å². The zero-order valence-electron chi connectivity index (χ0n) is 10.8. The van der Waals surface area contributed by atoms with E-state index in [0.29, 0.717) is 5.92 Å². The Labute approximate surface area is 98.2 Å². The number of carboxylic acids is 1. The van der Waals surface area contributed by atoms with E-state index in [-0.39, 0.29) is 17.6 Å². The second-order valence-corrected chi connectivity index (χ2v) is 5.63. The molecule has 0 amide bonds. The number of hydrogen-bond acceptors (Lipinski definition) is 2. The molecule has 1 aliphatic rings. The molecular formula is C13H24O3. The Morgan fingerprint density at radius 1 is 1.44 bits per heavy atom. The Hall–Kier alpha value is -0.570. The fourth-order valence-electron chi connectivity index (χ4n) is 2.23. The van der Waals surface area contributed by atoms with Gasteiger partial charge in [-0.25, -0.2) is 0 Å². The van der Waals surface area contributed by atoms with Crippen LogP contribution in [0.4, 0.5) is 0 Å². The van der Waals surface area contributed by atoms with Gasteiger partial charge in [0.25, 0.3) is 0 Å². The van der Waals surface area contributed by atoms with Crippen LogP contribution in [-0.2, 0) is 9.53 Å². The summed E-state index contributed by atoms with van der Waals surface area (Å²) in [6, 6.07) is 0. The number of aliphatic carboxylic acids is 1. The lowest BCUT2D eigenvalue weighted by molar-refractivity contribution is -0.161. The highest BCUT2D eigenvalue weighted by atomic mass is 16.5. The van der Waals surface area contributed by atoms with E-state index in [9.17, 15) is 9.90 Å². The van der Waals surface area contributed by atoms with Crippen molar-refractivity contribution in [3.8, 4) is 0 Å². The maximum Gasteiger partial charge on any atom is 0.309 e. The average molecular weight is 228 g/mol. The van der Waals surface area contributed by atoms with E-state index in [2.05, 4.69) is 13.8 Å². The summed E-state index contributed by atoms with van der Waals surface area (Å²) in [5.74, 6) is -0.445. The third-order valence-corrected chi connectivity index (χ3v) is 3.69. The Bertz CT molecular complexity index is 248. The summed E-state index contributed by atoms with van der Waals surface area (Å²) in [5.41, 5.74) is -0.213. The van der Waals surface area contributed by atoms with Gasteiger partial charge in [-0.05, 0) is 45.4 Å². The van der Waals surface area contributed by atoms with Crippen LogP contribution < -0.4 is 0 Å². The van der Waals surface area contributed by atoms with E-state index in [1.807, 2.05) is 13.8 Å². The van der Waals surface area contributed by atoms with Crippen molar-refractivity contribution in [2.75, 3.05) is 0 Å². The SMILES string of the molecule is CCC(C)(C)OC1CC(C)CCC1C(=O)O. The van der Waals surface area contributed by atoms with Crippen molar-refractivity contribution in [2.45, 2.75) is 65.1 Å². The lowest BCUT2D eigenvalue weighted by Crippen LogP contribution is -2.41. The Morgan fingerprint density at radius 3 is 2.56 bits per heavy atom. The van der Waals surface area contributed by atoms with Gasteiger partial charge in [0.2, 0.25) is 0 Å². The van der Waals surface area contributed by atoms with Gasteiger partial charge < -0.3 is 9.84 Å². The largest absolute Gasteiger partial charge is 0.481 e. The van der Waals surface area contributed by atoms with Gasteiger partial charge in [0.15, 0.2) is 0 Å². The van der Waals surface area contributed by atoms with Crippen molar-refractivity contribution in [1.29, 1.82) is 0 Å². The molecular weight excluding hydrogens is 204 g/mol. The number of hydrogen-bond donors (Lipinski definition) is 1. The van der Waals surface area contributed by atoms with Crippen molar-refractivity contribution >= 4 is 5.97 Å². The van der Waals surface area contributed by atoms with Crippen molar-refractivity contribution < 1.29 is 14.6 Å². The minimum absolute atomic E-state index is 0.115. The zero-order valence-corrected chi connectivity index (χ0v) is 10.8. The van der Waals surface area contributed by atoms with Crippen LogP contribution in [0.2, 0.25) is 0 Å². The normalized spacial score (nSPS) is 31.4. The third-order valence-electron chi connectivity index (χ3n) is 3.69. The lowest BCUT2D eigenvalue weighted by atomic mass is 9.80. The maximum atomic E-state index is 11.2. The van der Waals surface area contributed by atoms with Gasteiger partial charge in [-0.2, -0.15) is 0 Å². The van der Waals surface area contributed by atoms with Gasteiger partial charge in [-0.3, -0.25) is 4.79 Å². The van der Waals surface area contributed by atoms with E-state index in [0.717, 1.165) is 25.7 Å². The van der Waals surface area contributed by atoms with E-state index in [1.54, 1.807) is 0 Å². The molecule has 1 N–H and O–H groups in total. The number of ether oxygens (including phenoxy) is 1. The summed E-state index contributed by atoms with van der Waals surface area (Å²) in [6.45, 7) is 8.31. The predicted molar refractivity (Wildman–Crippen MR) is 63.4 cm³/mol. The molecule has 0 saturated heterocycles. The molecule has 0 spiro atoms. The second-order valence-electron chi connectivity index (χ2n) is 5.63. The standard InChI is InChI=1S/C13H24O3/c1-5-13(3,4)16-11-8-9(2)6-7-10(11)12(14)15/h9-11H,5-8H2,1-4H3,(H,14,15). The van der Waals surface area contributed by atoms with Crippen LogP contribution in [0.15, 0.2) is 0 Å². The fraction of sp³-hybridized carbons (Fsp3) is 0.923. The third kappa shape index (κ3) is 3.48. The minimum Gasteiger partial charge on any atom is -0.481 e. The van der Waals surface area contributed by atoms with Gasteiger partial charge in [0.05, 0.1) is 17.6 Å². The monoisotopic (exact) mass is 228 g/mol. The first-order chi connectivity index (χ1) is 7.35. The first-order valence-corrected chi connectivity index (χ1v) is 6.26. The van der Waals surface area contributed by atoms with Crippen LogP contribution in [0.3, 0.4) is 0 Å². The van der Waals surface area contributed by atoms with E-state index >= 15 is 0 Å². The van der Waals surface area contributed by atoms with Crippen molar-refractivity contribution in [2.24, 2.45) is 11.8 Å². The van der Waals surface area contributed by atoms with Gasteiger partial charge in [0, 0.05) is 0 Å². The maximum absolute atomic E-state index is 11.2. The first-order valence-electron chi connectivity index (χ1n) is 6.26. The van der Waals surface area contributed by atoms with Gasteiger partial charge in [0.1, 0.15) is 0 Å². The van der Waals surface area contributed by atoms with Crippen molar-refractivity contribution in [3.63, 3.8) is 0 Å². The summed E-state index contributed by atoms with van der Waals surface area (Å²) in [4.78, 5) is 11.2. The topological polar surface area (TPSA) is 46.5 Å². The molecule has 0 aromatic carbocycles. The number of rotatable bonds is 4.